The van der Waals surface area contributed by atoms with E-state index in [1.54, 1.807) is 9.77 Å². The van der Waals surface area contributed by atoms with Gasteiger partial charge in [-0.1, -0.05) is 0 Å². The Balaban J connectivity index is 2.08. The van der Waals surface area contributed by atoms with E-state index in [2.05, 4.69) is 73.7 Å². The molecule has 0 spiro atoms. The summed E-state index contributed by atoms with van der Waals surface area (Å²) in [6, 6.07) is 10.9. The first-order chi connectivity index (χ1) is 9.36. The van der Waals surface area contributed by atoms with Crippen molar-refractivity contribution >= 4 is 3.21 Å². The fourth-order valence-electron chi connectivity index (χ4n) is 2.79. The number of rotatable bonds is 3. The molecule has 0 fully saturated rings. The Morgan fingerprint density at radius 3 is 1.95 bits per heavy atom. The maximum atomic E-state index is 2.38. The molecule has 0 nitrogen and oxygen atoms in total. The van der Waals surface area contributed by atoms with Crippen LogP contribution in [0.15, 0.2) is 73.3 Å². The predicted octanol–water partition coefficient (Wildman–Crippen LogP) is 4.53. The van der Waals surface area contributed by atoms with E-state index in [9.17, 15) is 0 Å². The molecule has 0 unspecified atom stereocenters. The van der Waals surface area contributed by atoms with Crippen LogP contribution in [0.25, 0.3) is 0 Å². The summed E-state index contributed by atoms with van der Waals surface area (Å²) in [5, 5.41) is 0. The van der Waals surface area contributed by atoms with E-state index in [0.29, 0.717) is 0 Å². The Labute approximate surface area is 123 Å². The van der Waals surface area contributed by atoms with Gasteiger partial charge in [0.1, 0.15) is 0 Å². The SMILES string of the molecule is C[C](c1ccccc1)=[Zr]([C]1=CC=CC1)[C]1=CC=CC1. The summed E-state index contributed by atoms with van der Waals surface area (Å²) in [5.41, 5.74) is 1.44. The summed E-state index contributed by atoms with van der Waals surface area (Å²) in [5.74, 6) is 0. The van der Waals surface area contributed by atoms with Crippen LogP contribution in [-0.4, -0.2) is 3.21 Å². The number of benzene rings is 1. The minimum absolute atomic E-state index is 1.18. The van der Waals surface area contributed by atoms with Crippen LogP contribution in [0.3, 0.4) is 0 Å². The van der Waals surface area contributed by atoms with E-state index in [-0.39, 0.29) is 0 Å². The Bertz CT molecular complexity index is 593. The second kappa shape index (κ2) is 5.93. The first-order valence-electron chi connectivity index (χ1n) is 6.84. The maximum absolute atomic E-state index is 2.38. The Hall–Kier alpha value is -1.07. The van der Waals surface area contributed by atoms with Gasteiger partial charge >= 0.3 is 123 Å². The zero-order valence-corrected chi connectivity index (χ0v) is 13.7. The van der Waals surface area contributed by atoms with Crippen molar-refractivity contribution < 1.29 is 21.3 Å². The van der Waals surface area contributed by atoms with Crippen molar-refractivity contribution in [1.82, 2.24) is 0 Å². The molecule has 94 valence electrons. The van der Waals surface area contributed by atoms with Crippen LogP contribution in [0.1, 0.15) is 25.3 Å². The molecule has 0 atom stereocenters. The van der Waals surface area contributed by atoms with Gasteiger partial charge < -0.3 is 0 Å². The predicted molar refractivity (Wildman–Crippen MR) is 79.9 cm³/mol. The molecular formula is C18H18Zr. The van der Waals surface area contributed by atoms with Crippen LogP contribution in [0.2, 0.25) is 0 Å². The number of hydrogen-bond acceptors (Lipinski definition) is 0. The molecule has 1 aromatic carbocycles. The van der Waals surface area contributed by atoms with Gasteiger partial charge in [-0.2, -0.15) is 0 Å². The molecule has 0 saturated carbocycles. The molecule has 0 amide bonds. The van der Waals surface area contributed by atoms with Crippen LogP contribution in [0.5, 0.6) is 0 Å². The fourth-order valence-corrected chi connectivity index (χ4v) is 10.2. The van der Waals surface area contributed by atoms with Gasteiger partial charge in [0.15, 0.2) is 0 Å². The van der Waals surface area contributed by atoms with Gasteiger partial charge in [0, 0.05) is 0 Å². The van der Waals surface area contributed by atoms with Crippen molar-refractivity contribution in [2.45, 2.75) is 19.8 Å². The average Bonchev–Trinajstić information content (AvgIpc) is 3.13. The normalized spacial score (nSPS) is 16.5. The summed E-state index contributed by atoms with van der Waals surface area (Å²) >= 11 is -1.82. The molecule has 1 heteroatoms. The molecule has 0 aromatic heterocycles. The molecule has 1 aromatic rings. The Morgan fingerprint density at radius 2 is 1.47 bits per heavy atom. The summed E-state index contributed by atoms with van der Waals surface area (Å²) in [6.07, 6.45) is 16.2. The fraction of sp³-hybridized carbons (Fsp3) is 0.167. The van der Waals surface area contributed by atoms with Crippen molar-refractivity contribution in [3.8, 4) is 0 Å². The summed E-state index contributed by atoms with van der Waals surface area (Å²) in [4.78, 5) is 0. The van der Waals surface area contributed by atoms with Crippen LogP contribution in [0, 0.1) is 0 Å². The molecule has 2 aliphatic carbocycles. The first kappa shape index (κ1) is 12.9. The third-order valence-electron chi connectivity index (χ3n) is 3.77. The van der Waals surface area contributed by atoms with Gasteiger partial charge in [0.05, 0.1) is 0 Å². The molecular weight excluding hydrogens is 307 g/mol. The van der Waals surface area contributed by atoms with Gasteiger partial charge in [0.25, 0.3) is 0 Å². The van der Waals surface area contributed by atoms with E-state index in [1.165, 1.54) is 18.4 Å². The van der Waals surface area contributed by atoms with Gasteiger partial charge in [-0.25, -0.2) is 0 Å². The van der Waals surface area contributed by atoms with E-state index in [0.717, 1.165) is 0 Å². The van der Waals surface area contributed by atoms with Crippen molar-refractivity contribution in [1.29, 1.82) is 0 Å². The van der Waals surface area contributed by atoms with Crippen LogP contribution >= 0.6 is 0 Å². The third-order valence-corrected chi connectivity index (χ3v) is 11.3. The van der Waals surface area contributed by atoms with E-state index in [1.807, 2.05) is 0 Å². The quantitative estimate of drug-likeness (QED) is 0.766. The molecule has 0 saturated heterocycles. The standard InChI is InChI=1S/C8H8.2C5H5.Zr/c1-2-8-6-4-3-5-7-8;2*1-2-4-5-3-1;/h3-7H,1H3;2*1-3H,4H2;. The van der Waals surface area contributed by atoms with Gasteiger partial charge in [-0.05, 0) is 0 Å². The van der Waals surface area contributed by atoms with Crippen LogP contribution in [0.4, 0.5) is 0 Å². The molecule has 0 radical (unpaired) electrons. The second-order valence-corrected chi connectivity index (χ2v) is 11.9. The van der Waals surface area contributed by atoms with Gasteiger partial charge in [-0.3, -0.25) is 0 Å². The molecule has 19 heavy (non-hydrogen) atoms. The van der Waals surface area contributed by atoms with Crippen LogP contribution in [-0.2, 0) is 21.3 Å². The zero-order valence-electron chi connectivity index (χ0n) is 11.3. The van der Waals surface area contributed by atoms with Crippen molar-refractivity contribution in [3.63, 3.8) is 0 Å². The average molecular weight is 326 g/mol. The molecule has 3 rings (SSSR count). The summed E-state index contributed by atoms with van der Waals surface area (Å²) < 4.78 is 5.10. The molecule has 0 heterocycles. The van der Waals surface area contributed by atoms with Crippen molar-refractivity contribution in [2.75, 3.05) is 0 Å². The molecule has 0 aliphatic heterocycles. The third kappa shape index (κ3) is 2.77. The Morgan fingerprint density at radius 1 is 0.895 bits per heavy atom. The second-order valence-electron chi connectivity index (χ2n) is 5.01. The monoisotopic (exact) mass is 324 g/mol. The van der Waals surface area contributed by atoms with Crippen molar-refractivity contribution in [2.24, 2.45) is 0 Å². The first-order valence-corrected chi connectivity index (χ1v) is 10.5. The summed E-state index contributed by atoms with van der Waals surface area (Å²) in [6.45, 7) is 2.36. The minimum atomic E-state index is -1.82. The number of hydrogen-bond donors (Lipinski definition) is 0. The summed E-state index contributed by atoms with van der Waals surface area (Å²) in [7, 11) is 0. The molecule has 0 bridgehead atoms. The van der Waals surface area contributed by atoms with Gasteiger partial charge in [0.2, 0.25) is 0 Å². The van der Waals surface area contributed by atoms with Crippen molar-refractivity contribution in [3.05, 3.63) is 78.9 Å². The van der Waals surface area contributed by atoms with E-state index in [4.69, 9.17) is 0 Å². The topological polar surface area (TPSA) is 0 Å². The molecule has 2 aliphatic rings. The number of allylic oxidation sites excluding steroid dienone is 8. The zero-order chi connectivity index (χ0) is 13.1. The van der Waals surface area contributed by atoms with Crippen LogP contribution < -0.4 is 0 Å². The Kier molecular flexibility index (Phi) is 4.04. The van der Waals surface area contributed by atoms with E-state index >= 15 is 0 Å². The van der Waals surface area contributed by atoms with Gasteiger partial charge in [-0.15, -0.1) is 0 Å². The molecule has 0 N–H and O–H groups in total. The van der Waals surface area contributed by atoms with E-state index < -0.39 is 21.3 Å².